The summed E-state index contributed by atoms with van der Waals surface area (Å²) in [6.45, 7) is 3.28. The van der Waals surface area contributed by atoms with Gasteiger partial charge in [-0.1, -0.05) is 28.1 Å². The Bertz CT molecular complexity index is 395. The summed E-state index contributed by atoms with van der Waals surface area (Å²) in [5, 5.41) is 3.53. The average molecular weight is 358 g/mol. The van der Waals surface area contributed by atoms with Crippen molar-refractivity contribution in [3.05, 3.63) is 34.3 Å². The molecular formula is C16H24BrNO3. The van der Waals surface area contributed by atoms with Crippen molar-refractivity contribution in [3.8, 4) is 0 Å². The van der Waals surface area contributed by atoms with Crippen LogP contribution >= 0.6 is 15.9 Å². The topological polar surface area (TPSA) is 39.7 Å². The summed E-state index contributed by atoms with van der Waals surface area (Å²) in [6.07, 6.45) is 2.64. The summed E-state index contributed by atoms with van der Waals surface area (Å²) in [7, 11) is 1.67. The van der Waals surface area contributed by atoms with Crippen LogP contribution < -0.4 is 5.32 Å². The molecule has 0 aliphatic heterocycles. The SMILES string of the molecule is COCCOCCOC(CNC1CC1)c1ccc(Br)cc1. The zero-order chi connectivity index (χ0) is 14.9. The molecular weight excluding hydrogens is 334 g/mol. The van der Waals surface area contributed by atoms with E-state index in [2.05, 4.69) is 45.5 Å². The fourth-order valence-electron chi connectivity index (χ4n) is 2.01. The molecule has 118 valence electrons. The van der Waals surface area contributed by atoms with Crippen LogP contribution in [0.15, 0.2) is 28.7 Å². The van der Waals surface area contributed by atoms with Crippen LogP contribution in [-0.2, 0) is 14.2 Å². The lowest BCUT2D eigenvalue weighted by Crippen LogP contribution is -2.26. The number of hydrogen-bond acceptors (Lipinski definition) is 4. The van der Waals surface area contributed by atoms with Crippen LogP contribution in [0, 0.1) is 0 Å². The minimum atomic E-state index is 0.0738. The van der Waals surface area contributed by atoms with Crippen molar-refractivity contribution in [2.75, 3.05) is 40.1 Å². The molecule has 0 heterocycles. The van der Waals surface area contributed by atoms with Crippen molar-refractivity contribution in [2.24, 2.45) is 0 Å². The first kappa shape index (κ1) is 16.9. The van der Waals surface area contributed by atoms with E-state index in [0.717, 1.165) is 11.0 Å². The molecule has 0 bridgehead atoms. The number of hydrogen-bond donors (Lipinski definition) is 1. The van der Waals surface area contributed by atoms with Crippen LogP contribution in [-0.4, -0.2) is 46.1 Å². The molecule has 1 atom stereocenters. The van der Waals surface area contributed by atoms with Gasteiger partial charge in [-0.25, -0.2) is 0 Å². The van der Waals surface area contributed by atoms with Crippen molar-refractivity contribution >= 4 is 15.9 Å². The Labute approximate surface area is 135 Å². The summed E-state index contributed by atoms with van der Waals surface area (Å²) in [4.78, 5) is 0. The molecule has 1 aliphatic carbocycles. The van der Waals surface area contributed by atoms with Gasteiger partial charge in [-0.2, -0.15) is 0 Å². The van der Waals surface area contributed by atoms with Crippen molar-refractivity contribution in [3.63, 3.8) is 0 Å². The molecule has 1 aromatic carbocycles. The van der Waals surface area contributed by atoms with Gasteiger partial charge in [0, 0.05) is 24.2 Å². The fraction of sp³-hybridized carbons (Fsp3) is 0.625. The molecule has 1 N–H and O–H groups in total. The highest BCUT2D eigenvalue weighted by Crippen LogP contribution is 2.23. The standard InChI is InChI=1S/C16H24BrNO3/c1-19-8-9-20-10-11-21-16(12-18-15-6-7-15)13-2-4-14(17)5-3-13/h2-5,15-16,18H,6-12H2,1H3. The predicted octanol–water partition coefficient (Wildman–Crippen LogP) is 2.92. The minimum absolute atomic E-state index is 0.0738. The van der Waals surface area contributed by atoms with E-state index in [1.54, 1.807) is 7.11 Å². The highest BCUT2D eigenvalue weighted by Gasteiger charge is 2.22. The maximum Gasteiger partial charge on any atom is 0.0950 e. The molecule has 1 aliphatic rings. The molecule has 4 nitrogen and oxygen atoms in total. The third-order valence-corrected chi connectivity index (χ3v) is 3.92. The number of nitrogens with one attached hydrogen (secondary N) is 1. The first-order valence-corrected chi connectivity index (χ1v) is 8.26. The zero-order valence-electron chi connectivity index (χ0n) is 12.5. The smallest absolute Gasteiger partial charge is 0.0950 e. The molecule has 1 fully saturated rings. The lowest BCUT2D eigenvalue weighted by atomic mass is 10.1. The molecule has 2 rings (SSSR count). The number of methoxy groups -OCH3 is 1. The minimum Gasteiger partial charge on any atom is -0.382 e. The van der Waals surface area contributed by atoms with E-state index < -0.39 is 0 Å². The van der Waals surface area contributed by atoms with Gasteiger partial charge < -0.3 is 19.5 Å². The van der Waals surface area contributed by atoms with Gasteiger partial charge in [0.05, 0.1) is 32.5 Å². The summed E-state index contributed by atoms with van der Waals surface area (Å²) in [5.41, 5.74) is 1.20. The molecule has 5 heteroatoms. The lowest BCUT2D eigenvalue weighted by molar-refractivity contribution is -0.00697. The normalized spacial score (nSPS) is 16.1. The average Bonchev–Trinajstić information content (AvgIpc) is 3.31. The Hall–Kier alpha value is -0.460. The van der Waals surface area contributed by atoms with Crippen LogP contribution in [0.5, 0.6) is 0 Å². The van der Waals surface area contributed by atoms with Crippen molar-refractivity contribution < 1.29 is 14.2 Å². The Kier molecular flexibility index (Phi) is 7.68. The van der Waals surface area contributed by atoms with Gasteiger partial charge in [0.25, 0.3) is 0 Å². The van der Waals surface area contributed by atoms with Crippen LogP contribution in [0.2, 0.25) is 0 Å². The maximum atomic E-state index is 5.98. The Morgan fingerprint density at radius 1 is 1.14 bits per heavy atom. The van der Waals surface area contributed by atoms with E-state index in [4.69, 9.17) is 14.2 Å². The van der Waals surface area contributed by atoms with Crippen molar-refractivity contribution in [1.82, 2.24) is 5.32 Å². The molecule has 1 unspecified atom stereocenters. The fourth-order valence-corrected chi connectivity index (χ4v) is 2.27. The second-order valence-corrected chi connectivity index (χ2v) is 6.11. The van der Waals surface area contributed by atoms with Gasteiger partial charge in [0.2, 0.25) is 0 Å². The highest BCUT2D eigenvalue weighted by molar-refractivity contribution is 9.10. The summed E-state index contributed by atoms with van der Waals surface area (Å²) in [5.74, 6) is 0. The van der Waals surface area contributed by atoms with Gasteiger partial charge >= 0.3 is 0 Å². The Morgan fingerprint density at radius 3 is 2.52 bits per heavy atom. The molecule has 1 saturated carbocycles. The van der Waals surface area contributed by atoms with Crippen LogP contribution in [0.1, 0.15) is 24.5 Å². The van der Waals surface area contributed by atoms with Gasteiger partial charge in [-0.15, -0.1) is 0 Å². The van der Waals surface area contributed by atoms with E-state index in [-0.39, 0.29) is 6.10 Å². The molecule has 0 saturated heterocycles. The largest absolute Gasteiger partial charge is 0.382 e. The van der Waals surface area contributed by atoms with Gasteiger partial charge in [-0.3, -0.25) is 0 Å². The quantitative estimate of drug-likeness (QED) is 0.618. The molecule has 21 heavy (non-hydrogen) atoms. The molecule has 0 spiro atoms. The number of ether oxygens (including phenoxy) is 3. The number of rotatable bonds is 11. The first-order chi connectivity index (χ1) is 10.3. The van der Waals surface area contributed by atoms with Crippen LogP contribution in [0.4, 0.5) is 0 Å². The van der Waals surface area contributed by atoms with Crippen LogP contribution in [0.25, 0.3) is 0 Å². The molecule has 1 aromatic rings. The second-order valence-electron chi connectivity index (χ2n) is 5.20. The Morgan fingerprint density at radius 2 is 1.86 bits per heavy atom. The summed E-state index contributed by atoms with van der Waals surface area (Å²) < 4.78 is 17.5. The predicted molar refractivity (Wildman–Crippen MR) is 86.6 cm³/mol. The van der Waals surface area contributed by atoms with Gasteiger partial charge in [0.15, 0.2) is 0 Å². The van der Waals surface area contributed by atoms with Crippen molar-refractivity contribution in [1.29, 1.82) is 0 Å². The zero-order valence-corrected chi connectivity index (χ0v) is 14.1. The van der Waals surface area contributed by atoms with E-state index in [1.807, 2.05) is 0 Å². The van der Waals surface area contributed by atoms with E-state index in [0.29, 0.717) is 32.5 Å². The lowest BCUT2D eigenvalue weighted by Gasteiger charge is -2.19. The molecule has 0 aromatic heterocycles. The highest BCUT2D eigenvalue weighted by atomic mass is 79.9. The van der Waals surface area contributed by atoms with Gasteiger partial charge in [0.1, 0.15) is 0 Å². The number of benzene rings is 1. The number of halogens is 1. The molecule has 0 radical (unpaired) electrons. The Balaban J connectivity index is 1.75. The third-order valence-electron chi connectivity index (χ3n) is 3.39. The maximum absolute atomic E-state index is 5.98. The summed E-state index contributed by atoms with van der Waals surface area (Å²) >= 11 is 3.47. The second kappa shape index (κ2) is 9.54. The monoisotopic (exact) mass is 357 g/mol. The van der Waals surface area contributed by atoms with E-state index in [9.17, 15) is 0 Å². The van der Waals surface area contributed by atoms with Crippen LogP contribution in [0.3, 0.4) is 0 Å². The molecule has 0 amide bonds. The van der Waals surface area contributed by atoms with Gasteiger partial charge in [-0.05, 0) is 30.5 Å². The van der Waals surface area contributed by atoms with E-state index in [1.165, 1.54) is 18.4 Å². The first-order valence-electron chi connectivity index (χ1n) is 7.46. The summed E-state index contributed by atoms with van der Waals surface area (Å²) in [6, 6.07) is 9.00. The van der Waals surface area contributed by atoms with E-state index >= 15 is 0 Å². The van der Waals surface area contributed by atoms with Crippen molar-refractivity contribution in [2.45, 2.75) is 25.0 Å². The third kappa shape index (κ3) is 6.89.